The molecule has 142 valence electrons. The van der Waals surface area contributed by atoms with Gasteiger partial charge in [0.05, 0.1) is 23.4 Å². The summed E-state index contributed by atoms with van der Waals surface area (Å²) in [5.41, 5.74) is 0.849. The highest BCUT2D eigenvalue weighted by atomic mass is 32.2. The van der Waals surface area contributed by atoms with Crippen molar-refractivity contribution in [2.75, 3.05) is 30.1 Å². The van der Waals surface area contributed by atoms with Gasteiger partial charge in [-0.3, -0.25) is 9.59 Å². The molecule has 1 aliphatic heterocycles. The molecular weight excluding hydrogens is 372 g/mol. The van der Waals surface area contributed by atoms with Gasteiger partial charge in [0.25, 0.3) is 5.91 Å². The molecule has 0 atom stereocenters. The Morgan fingerprint density at radius 3 is 2.67 bits per heavy atom. The van der Waals surface area contributed by atoms with Crippen LogP contribution >= 0.6 is 0 Å². The van der Waals surface area contributed by atoms with Crippen molar-refractivity contribution < 1.29 is 27.5 Å². The molecule has 0 aliphatic carbocycles. The van der Waals surface area contributed by atoms with E-state index in [4.69, 9.17) is 9.47 Å². The lowest BCUT2D eigenvalue weighted by molar-refractivity contribution is -0.118. The summed E-state index contributed by atoms with van der Waals surface area (Å²) >= 11 is 0. The Morgan fingerprint density at radius 2 is 1.96 bits per heavy atom. The number of carbonyl (C=O) groups is 2. The predicted molar refractivity (Wildman–Crippen MR) is 98.9 cm³/mol. The number of fused-ring (bicyclic) bond motifs is 1. The summed E-state index contributed by atoms with van der Waals surface area (Å²) in [6.45, 7) is -0.107. The maximum atomic E-state index is 12.5. The van der Waals surface area contributed by atoms with Crippen LogP contribution in [-0.2, 0) is 19.4 Å². The standard InChI is InChI=1S/C18H18N2O6S/c1-25-13-4-2-12(3-5-13)19-17(21)8-9-27(23,24)14-6-7-16-15(10-14)20-18(22)11-26-16/h2-7,10H,8-9,11H2,1H3,(H,19,21)(H,20,22). The minimum atomic E-state index is -3.70. The first-order valence-electron chi connectivity index (χ1n) is 8.11. The van der Waals surface area contributed by atoms with E-state index in [9.17, 15) is 18.0 Å². The smallest absolute Gasteiger partial charge is 0.262 e. The lowest BCUT2D eigenvalue weighted by atomic mass is 10.2. The van der Waals surface area contributed by atoms with Crippen LogP contribution in [0.2, 0.25) is 0 Å². The molecule has 27 heavy (non-hydrogen) atoms. The molecule has 0 bridgehead atoms. The summed E-state index contributed by atoms with van der Waals surface area (Å²) in [5.74, 6) is -0.0677. The fraction of sp³-hybridized carbons (Fsp3) is 0.222. The van der Waals surface area contributed by atoms with Gasteiger partial charge in [-0.2, -0.15) is 0 Å². The number of benzene rings is 2. The van der Waals surface area contributed by atoms with Crippen molar-refractivity contribution in [3.05, 3.63) is 42.5 Å². The number of methoxy groups -OCH3 is 1. The molecule has 2 aromatic rings. The summed E-state index contributed by atoms with van der Waals surface area (Å²) in [4.78, 5) is 23.4. The molecule has 1 aliphatic rings. The topological polar surface area (TPSA) is 111 Å². The monoisotopic (exact) mass is 390 g/mol. The van der Waals surface area contributed by atoms with Gasteiger partial charge in [-0.25, -0.2) is 8.42 Å². The van der Waals surface area contributed by atoms with E-state index in [-0.39, 0.29) is 29.6 Å². The summed E-state index contributed by atoms with van der Waals surface area (Å²) in [5, 5.41) is 5.20. The molecule has 0 fully saturated rings. The van der Waals surface area contributed by atoms with Gasteiger partial charge in [-0.1, -0.05) is 0 Å². The molecule has 2 N–H and O–H groups in total. The highest BCUT2D eigenvalue weighted by Gasteiger charge is 2.21. The highest BCUT2D eigenvalue weighted by Crippen LogP contribution is 2.30. The van der Waals surface area contributed by atoms with E-state index >= 15 is 0 Å². The average Bonchev–Trinajstić information content (AvgIpc) is 2.66. The molecule has 0 spiro atoms. The maximum Gasteiger partial charge on any atom is 0.262 e. The van der Waals surface area contributed by atoms with Crippen LogP contribution in [0, 0.1) is 0 Å². The van der Waals surface area contributed by atoms with E-state index in [2.05, 4.69) is 10.6 Å². The number of hydrogen-bond donors (Lipinski definition) is 2. The molecule has 8 nitrogen and oxygen atoms in total. The maximum absolute atomic E-state index is 12.5. The Labute approximate surface area is 156 Å². The summed E-state index contributed by atoms with van der Waals surface area (Å²) in [6.07, 6.45) is -0.200. The van der Waals surface area contributed by atoms with E-state index in [0.29, 0.717) is 22.9 Å². The van der Waals surface area contributed by atoms with E-state index in [1.165, 1.54) is 25.3 Å². The average molecular weight is 390 g/mol. The van der Waals surface area contributed by atoms with Crippen LogP contribution in [0.1, 0.15) is 6.42 Å². The molecule has 0 saturated heterocycles. The van der Waals surface area contributed by atoms with Crippen molar-refractivity contribution in [3.8, 4) is 11.5 Å². The van der Waals surface area contributed by atoms with Gasteiger partial charge in [0.1, 0.15) is 11.5 Å². The fourth-order valence-corrected chi connectivity index (χ4v) is 3.76. The second-order valence-corrected chi connectivity index (χ2v) is 7.95. The quantitative estimate of drug-likeness (QED) is 0.779. The first-order chi connectivity index (χ1) is 12.9. The van der Waals surface area contributed by atoms with E-state index in [1.807, 2.05) is 0 Å². The van der Waals surface area contributed by atoms with Crippen LogP contribution in [0.4, 0.5) is 11.4 Å². The third-order valence-corrected chi connectivity index (χ3v) is 5.63. The number of amides is 2. The zero-order chi connectivity index (χ0) is 19.4. The first-order valence-corrected chi connectivity index (χ1v) is 9.76. The molecular formula is C18H18N2O6S. The van der Waals surface area contributed by atoms with Gasteiger partial charge in [-0.15, -0.1) is 0 Å². The Hall–Kier alpha value is -3.07. The number of rotatable bonds is 6. The number of carbonyl (C=O) groups excluding carboxylic acids is 2. The highest BCUT2D eigenvalue weighted by molar-refractivity contribution is 7.91. The molecule has 2 amide bonds. The van der Waals surface area contributed by atoms with Crippen molar-refractivity contribution in [1.82, 2.24) is 0 Å². The fourth-order valence-electron chi connectivity index (χ4n) is 2.50. The molecule has 1 heterocycles. The zero-order valence-electron chi connectivity index (χ0n) is 14.5. The van der Waals surface area contributed by atoms with Gasteiger partial charge < -0.3 is 20.1 Å². The lowest BCUT2D eigenvalue weighted by Gasteiger charge is -2.18. The Kier molecular flexibility index (Phi) is 5.31. The largest absolute Gasteiger partial charge is 0.497 e. The van der Waals surface area contributed by atoms with Gasteiger partial charge in [-0.05, 0) is 42.5 Å². The van der Waals surface area contributed by atoms with Crippen LogP contribution in [0.3, 0.4) is 0 Å². The summed E-state index contributed by atoms with van der Waals surface area (Å²) in [7, 11) is -2.16. The van der Waals surface area contributed by atoms with Crippen LogP contribution in [0.5, 0.6) is 11.5 Å². The summed E-state index contributed by atoms with van der Waals surface area (Å²) < 4.78 is 35.2. The molecule has 0 radical (unpaired) electrons. The molecule has 3 rings (SSSR count). The van der Waals surface area contributed by atoms with Crippen molar-refractivity contribution >= 4 is 33.0 Å². The third-order valence-electron chi connectivity index (χ3n) is 3.91. The lowest BCUT2D eigenvalue weighted by Crippen LogP contribution is -2.25. The normalized spacial score (nSPS) is 13.1. The van der Waals surface area contributed by atoms with Crippen LogP contribution in [0.25, 0.3) is 0 Å². The molecule has 0 aromatic heterocycles. The van der Waals surface area contributed by atoms with Crippen LogP contribution in [-0.4, -0.2) is 39.7 Å². The molecule has 0 unspecified atom stereocenters. The molecule has 0 saturated carbocycles. The molecule has 2 aromatic carbocycles. The van der Waals surface area contributed by atoms with Gasteiger partial charge in [0, 0.05) is 12.1 Å². The van der Waals surface area contributed by atoms with E-state index < -0.39 is 15.7 Å². The van der Waals surface area contributed by atoms with Crippen LogP contribution in [0.15, 0.2) is 47.4 Å². The van der Waals surface area contributed by atoms with Gasteiger partial charge in [0.15, 0.2) is 16.4 Å². The summed E-state index contributed by atoms with van der Waals surface area (Å²) in [6, 6.07) is 10.9. The van der Waals surface area contributed by atoms with E-state index in [0.717, 1.165) is 0 Å². The predicted octanol–water partition coefficient (Wildman–Crippen LogP) is 1.83. The second-order valence-electron chi connectivity index (χ2n) is 5.84. The minimum Gasteiger partial charge on any atom is -0.497 e. The van der Waals surface area contributed by atoms with E-state index in [1.54, 1.807) is 24.3 Å². The SMILES string of the molecule is COc1ccc(NC(=O)CCS(=O)(=O)c2ccc3c(c2)NC(=O)CO3)cc1. The minimum absolute atomic E-state index is 0.0179. The first kappa shape index (κ1) is 18.7. The van der Waals surface area contributed by atoms with Crippen molar-refractivity contribution in [3.63, 3.8) is 0 Å². The Morgan fingerprint density at radius 1 is 1.22 bits per heavy atom. The van der Waals surface area contributed by atoms with Crippen LogP contribution < -0.4 is 20.1 Å². The van der Waals surface area contributed by atoms with Crippen molar-refractivity contribution in [1.29, 1.82) is 0 Å². The van der Waals surface area contributed by atoms with Crippen molar-refractivity contribution in [2.45, 2.75) is 11.3 Å². The Bertz CT molecular complexity index is 970. The third kappa shape index (κ3) is 4.56. The molecule has 9 heteroatoms. The zero-order valence-corrected chi connectivity index (χ0v) is 15.3. The number of anilines is 2. The number of hydrogen-bond acceptors (Lipinski definition) is 6. The van der Waals surface area contributed by atoms with Crippen molar-refractivity contribution in [2.24, 2.45) is 0 Å². The number of sulfone groups is 1. The second kappa shape index (κ2) is 7.67. The number of nitrogens with one attached hydrogen (secondary N) is 2. The number of ether oxygens (including phenoxy) is 2. The van der Waals surface area contributed by atoms with Gasteiger partial charge in [0.2, 0.25) is 5.91 Å². The Balaban J connectivity index is 1.63. The van der Waals surface area contributed by atoms with Gasteiger partial charge >= 0.3 is 0 Å².